The molecule has 2 unspecified atom stereocenters. The molecule has 1 aliphatic rings. The maximum absolute atomic E-state index is 11.7. The summed E-state index contributed by atoms with van der Waals surface area (Å²) in [6, 6.07) is 0. The molecule has 19 heavy (non-hydrogen) atoms. The maximum Gasteiger partial charge on any atom is 0.330 e. The second kappa shape index (κ2) is 5.23. The molecule has 2 rings (SSSR count). The van der Waals surface area contributed by atoms with Gasteiger partial charge in [-0.25, -0.2) is 10.7 Å². The lowest BCUT2D eigenvalue weighted by Gasteiger charge is -2.18. The average Bonchev–Trinajstić information content (AvgIpc) is 2.70. The molecule has 0 aromatic carbocycles. The van der Waals surface area contributed by atoms with Crippen LogP contribution in [-0.2, 0) is 9.57 Å². The summed E-state index contributed by atoms with van der Waals surface area (Å²) < 4.78 is 6.35. The molecule has 0 amide bonds. The Labute approximate surface area is 107 Å². The van der Waals surface area contributed by atoms with Gasteiger partial charge in [0.05, 0.1) is 6.61 Å². The number of nitrogens with two attached hydrogens (primary N) is 1. The Morgan fingerprint density at radius 3 is 2.79 bits per heavy atom. The van der Waals surface area contributed by atoms with Crippen LogP contribution in [0.25, 0.3) is 0 Å². The summed E-state index contributed by atoms with van der Waals surface area (Å²) in [6.45, 7) is 1.09. The maximum atomic E-state index is 11.7. The molecule has 0 saturated carbocycles. The van der Waals surface area contributed by atoms with Crippen LogP contribution in [0.3, 0.4) is 0 Å². The summed E-state index contributed by atoms with van der Waals surface area (Å²) in [4.78, 5) is 29.6. The molecule has 1 aromatic heterocycles. The van der Waals surface area contributed by atoms with E-state index in [4.69, 9.17) is 15.7 Å². The van der Waals surface area contributed by atoms with E-state index < -0.39 is 42.4 Å². The fourth-order valence-electron chi connectivity index (χ4n) is 2.04. The van der Waals surface area contributed by atoms with Gasteiger partial charge in [0.2, 0.25) is 0 Å². The molecule has 4 atom stereocenters. The first-order chi connectivity index (χ1) is 8.99. The third-order valence-corrected chi connectivity index (χ3v) is 3.07. The van der Waals surface area contributed by atoms with Crippen molar-refractivity contribution in [2.45, 2.75) is 31.5 Å². The summed E-state index contributed by atoms with van der Waals surface area (Å²) in [5, 5.41) is 19.1. The number of hydrogen-bond acceptors (Lipinski definition) is 7. The first-order valence-corrected chi connectivity index (χ1v) is 5.61. The SMILES string of the molecule is Cc1cn([C@@H]2O[C@H](CO)C(ON)C2O)c(=O)[nH]c1=O. The third-order valence-electron chi connectivity index (χ3n) is 3.07. The van der Waals surface area contributed by atoms with E-state index in [0.717, 1.165) is 4.57 Å². The highest BCUT2D eigenvalue weighted by Crippen LogP contribution is 2.29. The number of H-pyrrole nitrogens is 1. The van der Waals surface area contributed by atoms with Gasteiger partial charge >= 0.3 is 5.69 Å². The van der Waals surface area contributed by atoms with E-state index in [9.17, 15) is 14.7 Å². The van der Waals surface area contributed by atoms with Crippen LogP contribution in [0.1, 0.15) is 11.8 Å². The van der Waals surface area contributed by atoms with Gasteiger partial charge in [-0.3, -0.25) is 19.2 Å². The molecule has 1 aliphatic heterocycles. The van der Waals surface area contributed by atoms with Gasteiger partial charge in [-0.2, -0.15) is 0 Å². The van der Waals surface area contributed by atoms with Crippen LogP contribution in [0.15, 0.2) is 15.8 Å². The number of aliphatic hydroxyl groups is 2. The third kappa shape index (κ3) is 2.33. The van der Waals surface area contributed by atoms with Crippen LogP contribution >= 0.6 is 0 Å². The van der Waals surface area contributed by atoms with Gasteiger partial charge in [0, 0.05) is 11.8 Å². The van der Waals surface area contributed by atoms with Gasteiger partial charge in [0.1, 0.15) is 18.3 Å². The van der Waals surface area contributed by atoms with Crippen LogP contribution in [-0.4, -0.2) is 44.7 Å². The van der Waals surface area contributed by atoms with Crippen molar-refractivity contribution in [1.82, 2.24) is 9.55 Å². The van der Waals surface area contributed by atoms with Crippen molar-refractivity contribution >= 4 is 0 Å². The molecule has 0 aliphatic carbocycles. The Morgan fingerprint density at radius 1 is 1.58 bits per heavy atom. The second-order valence-electron chi connectivity index (χ2n) is 4.32. The molecule has 0 spiro atoms. The molecule has 1 saturated heterocycles. The Morgan fingerprint density at radius 2 is 2.26 bits per heavy atom. The highest BCUT2D eigenvalue weighted by atomic mass is 16.7. The van der Waals surface area contributed by atoms with Crippen molar-refractivity contribution < 1.29 is 19.8 Å². The van der Waals surface area contributed by atoms with Gasteiger partial charge in [-0.05, 0) is 6.92 Å². The van der Waals surface area contributed by atoms with Crippen LogP contribution in [0.4, 0.5) is 0 Å². The first-order valence-electron chi connectivity index (χ1n) is 5.61. The monoisotopic (exact) mass is 273 g/mol. The number of aryl methyl sites for hydroxylation is 1. The average molecular weight is 273 g/mol. The quantitative estimate of drug-likeness (QED) is 0.441. The largest absolute Gasteiger partial charge is 0.394 e. The standard InChI is InChI=1S/C10H15N3O6/c1-4-2-13(10(17)12-8(4)16)9-6(15)7(19-11)5(3-14)18-9/h2,5-7,9,14-15H,3,11H2,1H3,(H,12,16,17)/t5-,6?,7?,9-/m1/s1. The van der Waals surface area contributed by atoms with Crippen molar-refractivity contribution in [2.75, 3.05) is 6.61 Å². The minimum Gasteiger partial charge on any atom is -0.394 e. The first kappa shape index (κ1) is 13.9. The van der Waals surface area contributed by atoms with E-state index in [-0.39, 0.29) is 5.56 Å². The zero-order valence-electron chi connectivity index (χ0n) is 10.1. The van der Waals surface area contributed by atoms with E-state index in [0.29, 0.717) is 0 Å². The zero-order chi connectivity index (χ0) is 14.2. The molecule has 1 fully saturated rings. The van der Waals surface area contributed by atoms with E-state index in [1.54, 1.807) is 0 Å². The zero-order valence-corrected chi connectivity index (χ0v) is 10.1. The molecule has 9 heteroatoms. The van der Waals surface area contributed by atoms with Crippen molar-refractivity contribution in [3.8, 4) is 0 Å². The normalized spacial score (nSPS) is 30.7. The number of aromatic amines is 1. The lowest BCUT2D eigenvalue weighted by molar-refractivity contribution is -0.0630. The molecule has 2 heterocycles. The van der Waals surface area contributed by atoms with Gasteiger partial charge in [-0.1, -0.05) is 0 Å². The molecule has 1 aromatic rings. The van der Waals surface area contributed by atoms with Crippen LogP contribution in [0.5, 0.6) is 0 Å². The molecule has 0 radical (unpaired) electrons. The highest BCUT2D eigenvalue weighted by Gasteiger charge is 2.45. The fourth-order valence-corrected chi connectivity index (χ4v) is 2.04. The Balaban J connectivity index is 2.41. The van der Waals surface area contributed by atoms with Crippen molar-refractivity contribution in [1.29, 1.82) is 0 Å². The van der Waals surface area contributed by atoms with Crippen LogP contribution < -0.4 is 17.1 Å². The number of nitrogens with one attached hydrogen (secondary N) is 1. The Hall–Kier alpha value is -1.52. The van der Waals surface area contributed by atoms with E-state index in [2.05, 4.69) is 9.82 Å². The summed E-state index contributed by atoms with van der Waals surface area (Å²) in [7, 11) is 0. The highest BCUT2D eigenvalue weighted by molar-refractivity contribution is 5.03. The molecule has 0 bridgehead atoms. The molecule has 106 valence electrons. The number of hydrogen-bond donors (Lipinski definition) is 4. The summed E-state index contributed by atoms with van der Waals surface area (Å²) in [6.07, 6.45) is -2.89. The molecule has 9 nitrogen and oxygen atoms in total. The summed E-state index contributed by atoms with van der Waals surface area (Å²) >= 11 is 0. The minimum atomic E-state index is -1.25. The van der Waals surface area contributed by atoms with E-state index in [1.165, 1.54) is 13.1 Å². The van der Waals surface area contributed by atoms with Crippen molar-refractivity contribution in [3.05, 3.63) is 32.6 Å². The fraction of sp³-hybridized carbons (Fsp3) is 0.600. The Kier molecular flexibility index (Phi) is 3.83. The molecular weight excluding hydrogens is 258 g/mol. The number of nitrogens with zero attached hydrogens (tertiary/aromatic N) is 1. The van der Waals surface area contributed by atoms with Gasteiger partial charge in [0.25, 0.3) is 5.56 Å². The number of rotatable bonds is 3. The lowest BCUT2D eigenvalue weighted by Crippen LogP contribution is -2.40. The number of aromatic nitrogens is 2. The van der Waals surface area contributed by atoms with Gasteiger partial charge < -0.3 is 14.9 Å². The number of ether oxygens (including phenoxy) is 1. The number of aliphatic hydroxyl groups excluding tert-OH is 2. The smallest absolute Gasteiger partial charge is 0.330 e. The summed E-state index contributed by atoms with van der Waals surface area (Å²) in [5.41, 5.74) is -0.957. The lowest BCUT2D eigenvalue weighted by atomic mass is 10.1. The Bertz CT molecular complexity index is 567. The van der Waals surface area contributed by atoms with Gasteiger partial charge in [0.15, 0.2) is 6.23 Å². The van der Waals surface area contributed by atoms with Crippen LogP contribution in [0.2, 0.25) is 0 Å². The predicted octanol–water partition coefficient (Wildman–Crippen LogP) is -2.65. The second-order valence-corrected chi connectivity index (χ2v) is 4.32. The predicted molar refractivity (Wildman–Crippen MR) is 62.1 cm³/mol. The topological polar surface area (TPSA) is 140 Å². The van der Waals surface area contributed by atoms with Gasteiger partial charge in [-0.15, -0.1) is 0 Å². The molecule has 5 N–H and O–H groups in total. The van der Waals surface area contributed by atoms with E-state index >= 15 is 0 Å². The minimum absolute atomic E-state index is 0.285. The molecular formula is C10H15N3O6. The summed E-state index contributed by atoms with van der Waals surface area (Å²) in [5.74, 6) is 5.03. The van der Waals surface area contributed by atoms with Crippen LogP contribution in [0, 0.1) is 6.92 Å². The van der Waals surface area contributed by atoms with Crippen molar-refractivity contribution in [2.24, 2.45) is 5.90 Å². The van der Waals surface area contributed by atoms with Crippen molar-refractivity contribution in [3.63, 3.8) is 0 Å². The van der Waals surface area contributed by atoms with E-state index in [1.807, 2.05) is 0 Å².